The van der Waals surface area contributed by atoms with Gasteiger partial charge in [-0.25, -0.2) is 4.90 Å². The molecule has 5 rings (SSSR count). The van der Waals surface area contributed by atoms with Gasteiger partial charge in [0.05, 0.1) is 11.3 Å². The summed E-state index contributed by atoms with van der Waals surface area (Å²) in [6.45, 7) is 0. The van der Waals surface area contributed by atoms with E-state index in [4.69, 9.17) is 0 Å². The summed E-state index contributed by atoms with van der Waals surface area (Å²) in [4.78, 5) is 38.6. The van der Waals surface area contributed by atoms with Crippen LogP contribution < -0.4 is 10.6 Å². The van der Waals surface area contributed by atoms with Gasteiger partial charge in [-0.05, 0) is 16.7 Å². The lowest BCUT2D eigenvalue weighted by Crippen LogP contribution is -2.77. The van der Waals surface area contributed by atoms with Gasteiger partial charge >= 0.3 is 0 Å². The molecule has 0 aliphatic carbocycles. The number of nitrogens with zero attached hydrogens (tertiary/aromatic N) is 1. The lowest BCUT2D eigenvalue weighted by atomic mass is 9.76. The molecule has 2 atom stereocenters. The molecule has 0 bridgehead atoms. The maximum Gasteiger partial charge on any atom is 0.290 e. The van der Waals surface area contributed by atoms with Crippen molar-refractivity contribution in [1.29, 1.82) is 0 Å². The smallest absolute Gasteiger partial charge is 0.290 e. The van der Waals surface area contributed by atoms with Crippen LogP contribution in [0.3, 0.4) is 0 Å². The quantitative estimate of drug-likeness (QED) is 0.452. The van der Waals surface area contributed by atoms with Crippen LogP contribution in [-0.4, -0.2) is 39.9 Å². The Morgan fingerprint density at radius 2 is 1.25 bits per heavy atom. The molecule has 2 saturated heterocycles. The fraction of sp³-hybridized carbons (Fsp3) is 0.160. The zero-order valence-electron chi connectivity index (χ0n) is 17.1. The van der Waals surface area contributed by atoms with Crippen molar-refractivity contribution in [2.45, 2.75) is 17.7 Å². The zero-order valence-corrected chi connectivity index (χ0v) is 17.9. The number of rotatable bonds is 6. The third-order valence-corrected chi connectivity index (χ3v) is 6.78. The number of thioether (sulfide) groups is 1. The molecule has 2 aliphatic heterocycles. The zero-order chi connectivity index (χ0) is 22.1. The highest BCUT2D eigenvalue weighted by Crippen LogP contribution is 2.38. The standard InChI is InChI=1S/C25H21N3O3S/c29-20-16-32-24(31)28(20)22-21(23(30)26-22)27-25(17-10-4-1-5-11-17,18-12-6-2-7-13-18)19-14-8-3-9-15-19/h1-15,21-22,27H,16H2,(H,26,30)/t21-,22-/m0/s1. The van der Waals surface area contributed by atoms with Crippen LogP contribution in [0, 0.1) is 0 Å². The van der Waals surface area contributed by atoms with Crippen molar-refractivity contribution in [3.05, 3.63) is 108 Å². The summed E-state index contributed by atoms with van der Waals surface area (Å²) in [5.41, 5.74) is 1.97. The molecular formula is C25H21N3O3S. The van der Waals surface area contributed by atoms with E-state index in [9.17, 15) is 14.4 Å². The molecule has 3 aromatic rings. The maximum absolute atomic E-state index is 12.8. The third kappa shape index (κ3) is 3.30. The van der Waals surface area contributed by atoms with Crippen LogP contribution in [0.1, 0.15) is 16.7 Å². The van der Waals surface area contributed by atoms with Crippen LogP contribution in [0.25, 0.3) is 0 Å². The number of imide groups is 1. The molecule has 2 heterocycles. The molecule has 2 aliphatic rings. The lowest BCUT2D eigenvalue weighted by molar-refractivity contribution is -0.141. The average molecular weight is 444 g/mol. The Hall–Kier alpha value is -3.42. The summed E-state index contributed by atoms with van der Waals surface area (Å²) in [7, 11) is 0. The van der Waals surface area contributed by atoms with Gasteiger partial charge in [-0.3, -0.25) is 19.7 Å². The topological polar surface area (TPSA) is 78.5 Å². The number of amides is 3. The molecular weight excluding hydrogens is 422 g/mol. The van der Waals surface area contributed by atoms with Crippen molar-refractivity contribution in [1.82, 2.24) is 15.5 Å². The maximum atomic E-state index is 12.8. The third-order valence-electron chi connectivity index (χ3n) is 5.94. The molecule has 3 amide bonds. The number of carbonyl (C=O) groups is 3. The van der Waals surface area contributed by atoms with Gasteiger partial charge in [-0.15, -0.1) is 0 Å². The summed E-state index contributed by atoms with van der Waals surface area (Å²) < 4.78 is 0. The number of nitrogens with one attached hydrogen (secondary N) is 2. The monoisotopic (exact) mass is 443 g/mol. The van der Waals surface area contributed by atoms with E-state index in [0.717, 1.165) is 33.4 Å². The first-order valence-electron chi connectivity index (χ1n) is 10.3. The van der Waals surface area contributed by atoms with E-state index in [1.165, 1.54) is 0 Å². The lowest BCUT2D eigenvalue weighted by Gasteiger charge is -2.47. The predicted molar refractivity (Wildman–Crippen MR) is 123 cm³/mol. The van der Waals surface area contributed by atoms with E-state index in [2.05, 4.69) is 10.6 Å². The summed E-state index contributed by atoms with van der Waals surface area (Å²) >= 11 is 0.960. The summed E-state index contributed by atoms with van der Waals surface area (Å²) in [6.07, 6.45) is -0.729. The Bertz CT molecular complexity index is 1040. The summed E-state index contributed by atoms with van der Waals surface area (Å²) in [5, 5.41) is 5.97. The Morgan fingerprint density at radius 1 is 0.781 bits per heavy atom. The van der Waals surface area contributed by atoms with E-state index < -0.39 is 17.7 Å². The molecule has 0 spiro atoms. The van der Waals surface area contributed by atoms with E-state index >= 15 is 0 Å². The first-order chi connectivity index (χ1) is 15.6. The minimum atomic E-state index is -0.872. The van der Waals surface area contributed by atoms with E-state index in [-0.39, 0.29) is 22.8 Å². The second-order valence-electron chi connectivity index (χ2n) is 7.74. The predicted octanol–water partition coefficient (Wildman–Crippen LogP) is 3.09. The van der Waals surface area contributed by atoms with Gasteiger partial charge in [-0.2, -0.15) is 0 Å². The number of hydrogen-bond acceptors (Lipinski definition) is 5. The van der Waals surface area contributed by atoms with Crippen molar-refractivity contribution in [3.8, 4) is 0 Å². The van der Waals surface area contributed by atoms with Crippen LogP contribution in [0.2, 0.25) is 0 Å². The van der Waals surface area contributed by atoms with Crippen molar-refractivity contribution in [3.63, 3.8) is 0 Å². The van der Waals surface area contributed by atoms with Gasteiger partial charge in [0.2, 0.25) is 11.8 Å². The average Bonchev–Trinajstić information content (AvgIpc) is 3.17. The van der Waals surface area contributed by atoms with Gasteiger partial charge in [0.15, 0.2) is 0 Å². The molecule has 2 fully saturated rings. The molecule has 2 N–H and O–H groups in total. The number of hydrogen-bond donors (Lipinski definition) is 2. The van der Waals surface area contributed by atoms with Crippen molar-refractivity contribution in [2.75, 3.05) is 5.75 Å². The first kappa shape index (κ1) is 20.5. The van der Waals surface area contributed by atoms with Gasteiger partial charge in [0.1, 0.15) is 12.2 Å². The van der Waals surface area contributed by atoms with Crippen LogP contribution in [0.4, 0.5) is 4.79 Å². The molecule has 6 nitrogen and oxygen atoms in total. The second kappa shape index (κ2) is 8.26. The summed E-state index contributed by atoms with van der Waals surface area (Å²) in [6, 6.07) is 28.9. The fourth-order valence-corrected chi connectivity index (χ4v) is 5.15. The van der Waals surface area contributed by atoms with Crippen LogP contribution >= 0.6 is 11.8 Å². The minimum Gasteiger partial charge on any atom is -0.332 e. The van der Waals surface area contributed by atoms with Crippen molar-refractivity contribution < 1.29 is 14.4 Å². The molecule has 0 radical (unpaired) electrons. The molecule has 160 valence electrons. The number of carbonyl (C=O) groups excluding carboxylic acids is 3. The molecule has 0 unspecified atom stereocenters. The molecule has 32 heavy (non-hydrogen) atoms. The van der Waals surface area contributed by atoms with Gasteiger partial charge in [-0.1, -0.05) is 103 Å². The van der Waals surface area contributed by atoms with E-state index in [0.29, 0.717) is 0 Å². The van der Waals surface area contributed by atoms with Crippen molar-refractivity contribution in [2.24, 2.45) is 0 Å². The Kier molecular flexibility index (Phi) is 5.28. The van der Waals surface area contributed by atoms with E-state index in [1.54, 1.807) is 0 Å². The normalized spacial score (nSPS) is 20.8. The SMILES string of the molecule is O=C1N[C@@H](N2C(=O)CSC2=O)[C@@H]1NC(c1ccccc1)(c1ccccc1)c1ccccc1. The highest BCUT2D eigenvalue weighted by atomic mass is 32.2. The van der Waals surface area contributed by atoms with Crippen LogP contribution in [0.15, 0.2) is 91.0 Å². The number of benzene rings is 3. The highest BCUT2D eigenvalue weighted by Gasteiger charge is 2.53. The first-order valence-corrected chi connectivity index (χ1v) is 11.3. The Morgan fingerprint density at radius 3 is 1.62 bits per heavy atom. The molecule has 3 aromatic carbocycles. The van der Waals surface area contributed by atoms with Gasteiger partial charge in [0, 0.05) is 0 Å². The van der Waals surface area contributed by atoms with Crippen molar-refractivity contribution >= 4 is 28.8 Å². The Labute approximate surface area is 190 Å². The van der Waals surface area contributed by atoms with Crippen LogP contribution in [-0.2, 0) is 15.1 Å². The van der Waals surface area contributed by atoms with E-state index in [1.807, 2.05) is 91.0 Å². The van der Waals surface area contributed by atoms with Crippen LogP contribution in [0.5, 0.6) is 0 Å². The number of β-lactam (4-membered cyclic amide) rings is 1. The highest BCUT2D eigenvalue weighted by molar-refractivity contribution is 8.14. The second-order valence-corrected chi connectivity index (χ2v) is 8.67. The summed E-state index contributed by atoms with van der Waals surface area (Å²) in [5.74, 6) is -0.444. The minimum absolute atomic E-state index is 0.0964. The van der Waals surface area contributed by atoms with Gasteiger partial charge < -0.3 is 5.32 Å². The largest absolute Gasteiger partial charge is 0.332 e. The molecule has 7 heteroatoms. The Balaban J connectivity index is 1.66. The van der Waals surface area contributed by atoms with Gasteiger partial charge in [0.25, 0.3) is 5.24 Å². The molecule has 0 saturated carbocycles. The fourth-order valence-electron chi connectivity index (χ4n) is 4.40. The molecule has 0 aromatic heterocycles.